The van der Waals surface area contributed by atoms with Crippen LogP contribution in [0.4, 0.5) is 15.3 Å². The Morgan fingerprint density at radius 1 is 0.840 bits per heavy atom. The predicted octanol–water partition coefficient (Wildman–Crippen LogP) is 3.59. The van der Waals surface area contributed by atoms with E-state index in [0.29, 0.717) is 91.2 Å². The van der Waals surface area contributed by atoms with E-state index in [2.05, 4.69) is 15.6 Å². The minimum Gasteiger partial charge on any atom is -0.497 e. The van der Waals surface area contributed by atoms with E-state index in [1.807, 2.05) is 63.4 Å². The summed E-state index contributed by atoms with van der Waals surface area (Å²) in [6, 6.07) is 13.1. The van der Waals surface area contributed by atoms with Gasteiger partial charge < -0.3 is 48.4 Å². The average molecular weight is 696 g/mol. The van der Waals surface area contributed by atoms with Gasteiger partial charge in [0.25, 0.3) is 0 Å². The molecule has 15 heteroatoms. The molecule has 1 aromatic heterocycles. The second kappa shape index (κ2) is 19.1. The van der Waals surface area contributed by atoms with E-state index in [4.69, 9.17) is 28.4 Å². The van der Waals surface area contributed by atoms with E-state index in [0.717, 1.165) is 41.2 Å². The molecule has 0 bridgehead atoms. The number of rotatable bonds is 19. The fourth-order valence-electron chi connectivity index (χ4n) is 5.99. The zero-order valence-electron chi connectivity index (χ0n) is 29.3. The van der Waals surface area contributed by atoms with E-state index in [1.54, 1.807) is 26.0 Å². The van der Waals surface area contributed by atoms with Crippen molar-refractivity contribution < 1.29 is 38.0 Å². The molecule has 50 heavy (non-hydrogen) atoms. The van der Waals surface area contributed by atoms with Crippen molar-refractivity contribution in [1.82, 2.24) is 29.7 Å². The van der Waals surface area contributed by atoms with Crippen LogP contribution in [0, 0.1) is 0 Å². The van der Waals surface area contributed by atoms with Crippen LogP contribution in [0.1, 0.15) is 18.4 Å². The number of carbonyl (C=O) groups excluding carboxylic acids is 2. The number of ether oxygens (including phenoxy) is 6. The Balaban J connectivity index is 0.994. The van der Waals surface area contributed by atoms with Crippen LogP contribution in [0.5, 0.6) is 11.5 Å². The molecule has 0 aliphatic carbocycles. The van der Waals surface area contributed by atoms with Gasteiger partial charge in [-0.15, -0.1) is 5.10 Å². The number of aromatic nitrogens is 3. The Kier molecular flexibility index (Phi) is 14.1. The van der Waals surface area contributed by atoms with Crippen LogP contribution in [-0.4, -0.2) is 142 Å². The quantitative estimate of drug-likeness (QED) is 0.185. The van der Waals surface area contributed by atoms with Crippen LogP contribution < -0.4 is 14.8 Å². The lowest BCUT2D eigenvalue weighted by Gasteiger charge is -2.36. The highest BCUT2D eigenvalue weighted by atomic mass is 16.6. The number of nitrogens with zero attached hydrogens (tertiary/aromatic N) is 6. The zero-order chi connectivity index (χ0) is 35.1. The molecule has 0 radical (unpaired) electrons. The molecular weight excluding hydrogens is 646 g/mol. The molecule has 0 unspecified atom stereocenters. The minimum atomic E-state index is -0.151. The first-order valence-electron chi connectivity index (χ1n) is 17.0. The van der Waals surface area contributed by atoms with Crippen molar-refractivity contribution in [2.24, 2.45) is 0 Å². The van der Waals surface area contributed by atoms with Gasteiger partial charge in [-0.3, -0.25) is 0 Å². The first kappa shape index (κ1) is 36.8. The van der Waals surface area contributed by atoms with Crippen LogP contribution in [0.15, 0.2) is 48.7 Å². The number of methoxy groups -OCH3 is 3. The molecule has 2 aliphatic rings. The maximum Gasteiger partial charge on any atom is 0.321 e. The molecule has 0 atom stereocenters. The summed E-state index contributed by atoms with van der Waals surface area (Å²) in [5.74, 6) is 1.45. The molecule has 5 rings (SSSR count). The molecule has 4 amide bonds. The van der Waals surface area contributed by atoms with Gasteiger partial charge in [-0.25, -0.2) is 14.3 Å². The van der Waals surface area contributed by atoms with Crippen LogP contribution in [0.25, 0.3) is 11.3 Å². The number of piperidine rings is 1. The molecule has 3 heterocycles. The molecule has 2 fully saturated rings. The SMILES string of the molecule is COCCOCCOCCOCCn1cc(-c2ccc(NC(=O)N3CCC(N4CCN(Cc5cc(OC)ccc5OC)C4=O)CC3)cc2)nn1. The first-order chi connectivity index (χ1) is 24.5. The fourth-order valence-corrected chi connectivity index (χ4v) is 5.99. The number of urea groups is 2. The molecule has 0 spiro atoms. The number of anilines is 1. The number of nitrogens with one attached hydrogen (secondary N) is 1. The second-order valence-corrected chi connectivity index (χ2v) is 12.0. The van der Waals surface area contributed by atoms with E-state index >= 15 is 0 Å². The Bertz CT molecular complexity index is 1500. The molecule has 3 aromatic rings. The molecule has 1 N–H and O–H groups in total. The summed E-state index contributed by atoms with van der Waals surface area (Å²) in [5.41, 5.74) is 3.23. The van der Waals surface area contributed by atoms with Crippen molar-refractivity contribution >= 4 is 17.7 Å². The largest absolute Gasteiger partial charge is 0.497 e. The molecular formula is C35H49N7O8. The van der Waals surface area contributed by atoms with Crippen LogP contribution in [-0.2, 0) is 32.0 Å². The average Bonchev–Trinajstić information content (AvgIpc) is 3.77. The van der Waals surface area contributed by atoms with Gasteiger partial charge in [0, 0.05) is 56.1 Å². The number of carbonyl (C=O) groups is 2. The van der Waals surface area contributed by atoms with Crippen molar-refractivity contribution in [1.29, 1.82) is 0 Å². The fraction of sp³-hybridized carbons (Fsp3) is 0.543. The highest BCUT2D eigenvalue weighted by molar-refractivity contribution is 5.89. The summed E-state index contributed by atoms with van der Waals surface area (Å²) >= 11 is 0. The van der Waals surface area contributed by atoms with E-state index in [9.17, 15) is 9.59 Å². The summed E-state index contributed by atoms with van der Waals surface area (Å²) in [5, 5.41) is 11.5. The topological polar surface area (TPSA) is 142 Å². The summed E-state index contributed by atoms with van der Waals surface area (Å²) in [7, 11) is 4.89. The highest BCUT2D eigenvalue weighted by Gasteiger charge is 2.36. The maximum absolute atomic E-state index is 13.3. The van der Waals surface area contributed by atoms with Crippen LogP contribution in [0.2, 0.25) is 0 Å². The third-order valence-corrected chi connectivity index (χ3v) is 8.78. The van der Waals surface area contributed by atoms with Gasteiger partial charge in [0.2, 0.25) is 0 Å². The zero-order valence-corrected chi connectivity index (χ0v) is 29.3. The molecule has 272 valence electrons. The number of amides is 4. The Morgan fingerprint density at radius 2 is 1.54 bits per heavy atom. The minimum absolute atomic E-state index is 0.0173. The van der Waals surface area contributed by atoms with Crippen LogP contribution in [0.3, 0.4) is 0 Å². The van der Waals surface area contributed by atoms with E-state index in [1.165, 1.54) is 0 Å². The Hall–Kier alpha value is -4.44. The highest BCUT2D eigenvalue weighted by Crippen LogP contribution is 2.28. The summed E-state index contributed by atoms with van der Waals surface area (Å²) < 4.78 is 34.0. The van der Waals surface area contributed by atoms with Gasteiger partial charge in [0.1, 0.15) is 17.2 Å². The molecule has 15 nitrogen and oxygen atoms in total. The monoisotopic (exact) mass is 695 g/mol. The third-order valence-electron chi connectivity index (χ3n) is 8.78. The number of hydrogen-bond donors (Lipinski definition) is 1. The smallest absolute Gasteiger partial charge is 0.321 e. The molecule has 0 saturated carbocycles. The van der Waals surface area contributed by atoms with Crippen molar-refractivity contribution in [3.05, 3.63) is 54.2 Å². The lowest BCUT2D eigenvalue weighted by molar-refractivity contribution is 0.00245. The van der Waals surface area contributed by atoms with Crippen molar-refractivity contribution in [2.45, 2.75) is 32.0 Å². The summed E-state index contributed by atoms with van der Waals surface area (Å²) in [6.45, 7) is 7.15. The molecule has 2 saturated heterocycles. The van der Waals surface area contributed by atoms with Crippen molar-refractivity contribution in [3.8, 4) is 22.8 Å². The third kappa shape index (κ3) is 10.3. The molecule has 2 aliphatic heterocycles. The lowest BCUT2D eigenvalue weighted by atomic mass is 10.0. The Morgan fingerprint density at radius 3 is 2.22 bits per heavy atom. The van der Waals surface area contributed by atoms with Crippen LogP contribution >= 0.6 is 0 Å². The predicted molar refractivity (Wildman–Crippen MR) is 185 cm³/mol. The van der Waals surface area contributed by atoms with Gasteiger partial charge >= 0.3 is 12.1 Å². The van der Waals surface area contributed by atoms with E-state index < -0.39 is 0 Å². The van der Waals surface area contributed by atoms with Gasteiger partial charge in [-0.2, -0.15) is 0 Å². The number of benzene rings is 2. The molecule has 2 aromatic carbocycles. The van der Waals surface area contributed by atoms with Crippen molar-refractivity contribution in [3.63, 3.8) is 0 Å². The van der Waals surface area contributed by atoms with Crippen molar-refractivity contribution in [2.75, 3.05) is 99.1 Å². The second-order valence-electron chi connectivity index (χ2n) is 12.0. The Labute approximate surface area is 293 Å². The maximum atomic E-state index is 13.3. The van der Waals surface area contributed by atoms with Gasteiger partial charge in [-0.05, 0) is 43.2 Å². The van der Waals surface area contributed by atoms with E-state index in [-0.39, 0.29) is 18.1 Å². The lowest BCUT2D eigenvalue weighted by Crippen LogP contribution is -2.49. The van der Waals surface area contributed by atoms with Gasteiger partial charge in [0.05, 0.1) is 79.8 Å². The number of hydrogen-bond acceptors (Lipinski definition) is 10. The summed E-state index contributed by atoms with van der Waals surface area (Å²) in [4.78, 5) is 32.0. The normalized spacial score (nSPS) is 15.2. The van der Waals surface area contributed by atoms with Gasteiger partial charge in [-0.1, -0.05) is 17.3 Å². The first-order valence-corrected chi connectivity index (χ1v) is 17.0. The van der Waals surface area contributed by atoms with Gasteiger partial charge in [0.15, 0.2) is 0 Å². The number of likely N-dealkylation sites (tertiary alicyclic amines) is 1. The summed E-state index contributed by atoms with van der Waals surface area (Å²) in [6.07, 6.45) is 3.33. The standard InChI is InChI=1S/C35H49N7O8/c1-45-18-19-49-22-23-50-21-20-48-17-16-41-26-32(37-38-41)27-4-6-29(7-5-27)36-34(43)39-12-10-30(11-13-39)42-15-14-40(35(42)44)25-28-24-31(46-2)8-9-33(28)47-3/h4-9,24,26,30H,10-23,25H2,1-3H3,(H,36,43).